The van der Waals surface area contributed by atoms with Crippen LogP contribution in [0, 0.1) is 0 Å². The first-order valence-electron chi connectivity index (χ1n) is 8.98. The molecule has 6 nitrogen and oxygen atoms in total. The van der Waals surface area contributed by atoms with Gasteiger partial charge in [0.1, 0.15) is 5.75 Å². The number of ether oxygens (including phenoxy) is 1. The van der Waals surface area contributed by atoms with Crippen molar-refractivity contribution in [1.29, 1.82) is 0 Å². The Balaban J connectivity index is 1.52. The third-order valence-corrected chi connectivity index (χ3v) is 5.03. The second-order valence-electron chi connectivity index (χ2n) is 6.72. The Morgan fingerprint density at radius 3 is 2.78 bits per heavy atom. The van der Waals surface area contributed by atoms with Gasteiger partial charge < -0.3 is 14.2 Å². The first-order chi connectivity index (χ1) is 13.2. The van der Waals surface area contributed by atoms with E-state index in [1.54, 1.807) is 7.11 Å². The minimum atomic E-state index is -0.0632. The number of nitrogens with zero attached hydrogens (tertiary/aromatic N) is 3. The number of aromatic nitrogens is 2. The Kier molecular flexibility index (Phi) is 4.62. The van der Waals surface area contributed by atoms with E-state index in [1.165, 1.54) is 0 Å². The average molecular weight is 363 g/mol. The largest absolute Gasteiger partial charge is 0.497 e. The van der Waals surface area contributed by atoms with E-state index < -0.39 is 0 Å². The summed E-state index contributed by atoms with van der Waals surface area (Å²) in [6.07, 6.45) is 0.397. The highest BCUT2D eigenvalue weighted by Crippen LogP contribution is 2.33. The number of carbonyl (C=O) groups excluding carboxylic acids is 1. The summed E-state index contributed by atoms with van der Waals surface area (Å²) in [5, 5.41) is 4.13. The summed E-state index contributed by atoms with van der Waals surface area (Å²) in [4.78, 5) is 19.0. The molecule has 0 radical (unpaired) electrons. The third-order valence-electron chi connectivity index (χ3n) is 5.03. The zero-order valence-corrected chi connectivity index (χ0v) is 15.3. The van der Waals surface area contributed by atoms with Gasteiger partial charge in [-0.3, -0.25) is 4.79 Å². The van der Waals surface area contributed by atoms with Crippen LogP contribution >= 0.6 is 0 Å². The SMILES string of the molecule is COc1cccc(-c2nc(C3CC(=O)N(C(C)c4ccccc4)C3)no2)c1. The van der Waals surface area contributed by atoms with E-state index in [0.29, 0.717) is 24.7 Å². The maximum atomic E-state index is 12.6. The molecule has 0 N–H and O–H groups in total. The molecule has 1 aliphatic heterocycles. The van der Waals surface area contributed by atoms with Gasteiger partial charge in [-0.25, -0.2) is 0 Å². The van der Waals surface area contributed by atoms with Crippen LogP contribution in [0.1, 0.15) is 36.7 Å². The molecular weight excluding hydrogens is 342 g/mol. The standard InChI is InChI=1S/C21H21N3O3/c1-14(15-7-4-3-5-8-15)24-13-17(12-19(24)25)20-22-21(27-23-20)16-9-6-10-18(11-16)26-2/h3-11,14,17H,12-13H2,1-2H3. The number of benzene rings is 2. The van der Waals surface area contributed by atoms with E-state index in [-0.39, 0.29) is 17.9 Å². The highest BCUT2D eigenvalue weighted by atomic mass is 16.5. The summed E-state index contributed by atoms with van der Waals surface area (Å²) in [6.45, 7) is 2.64. The number of rotatable bonds is 5. The van der Waals surface area contributed by atoms with Crippen LogP contribution in [0.4, 0.5) is 0 Å². The molecule has 0 spiro atoms. The molecule has 1 saturated heterocycles. The van der Waals surface area contributed by atoms with E-state index >= 15 is 0 Å². The molecule has 0 saturated carbocycles. The second kappa shape index (κ2) is 7.23. The van der Waals surface area contributed by atoms with Crippen molar-refractivity contribution in [2.24, 2.45) is 0 Å². The molecule has 0 bridgehead atoms. The van der Waals surface area contributed by atoms with Gasteiger partial charge in [0.25, 0.3) is 5.89 Å². The van der Waals surface area contributed by atoms with Crippen LogP contribution in [0.2, 0.25) is 0 Å². The molecule has 1 aliphatic rings. The fraction of sp³-hybridized carbons (Fsp3) is 0.286. The quantitative estimate of drug-likeness (QED) is 0.689. The Hall–Kier alpha value is -3.15. The number of hydrogen-bond donors (Lipinski definition) is 0. The summed E-state index contributed by atoms with van der Waals surface area (Å²) in [7, 11) is 1.62. The minimum Gasteiger partial charge on any atom is -0.497 e. The minimum absolute atomic E-state index is 0.0217. The fourth-order valence-corrected chi connectivity index (χ4v) is 3.46. The van der Waals surface area contributed by atoms with Crippen molar-refractivity contribution in [1.82, 2.24) is 15.0 Å². The summed E-state index contributed by atoms with van der Waals surface area (Å²) < 4.78 is 10.7. The Labute approximate surface area is 157 Å². The lowest BCUT2D eigenvalue weighted by molar-refractivity contribution is -0.129. The topological polar surface area (TPSA) is 68.5 Å². The number of carbonyl (C=O) groups is 1. The first-order valence-corrected chi connectivity index (χ1v) is 8.98. The highest BCUT2D eigenvalue weighted by molar-refractivity contribution is 5.80. The molecule has 2 aromatic carbocycles. The second-order valence-corrected chi connectivity index (χ2v) is 6.72. The van der Waals surface area contributed by atoms with Gasteiger partial charge in [0.15, 0.2) is 5.82 Å². The van der Waals surface area contributed by atoms with Gasteiger partial charge in [0.2, 0.25) is 5.91 Å². The van der Waals surface area contributed by atoms with E-state index in [0.717, 1.165) is 16.9 Å². The van der Waals surface area contributed by atoms with Crippen LogP contribution in [0.25, 0.3) is 11.5 Å². The average Bonchev–Trinajstić information content (AvgIpc) is 3.35. The lowest BCUT2D eigenvalue weighted by atomic mass is 10.1. The Morgan fingerprint density at radius 2 is 2.00 bits per heavy atom. The molecule has 6 heteroatoms. The van der Waals surface area contributed by atoms with Gasteiger partial charge in [0.05, 0.1) is 13.2 Å². The number of hydrogen-bond acceptors (Lipinski definition) is 5. The molecule has 138 valence electrons. The maximum Gasteiger partial charge on any atom is 0.258 e. The lowest BCUT2D eigenvalue weighted by Gasteiger charge is -2.25. The lowest BCUT2D eigenvalue weighted by Crippen LogP contribution is -2.28. The van der Waals surface area contributed by atoms with Gasteiger partial charge in [-0.05, 0) is 30.7 Å². The molecule has 2 heterocycles. The van der Waals surface area contributed by atoms with Crippen LogP contribution in [0.5, 0.6) is 5.75 Å². The predicted octanol–water partition coefficient (Wildman–Crippen LogP) is 3.82. The van der Waals surface area contributed by atoms with Crippen molar-refractivity contribution in [3.63, 3.8) is 0 Å². The van der Waals surface area contributed by atoms with Crippen LogP contribution in [0.15, 0.2) is 59.1 Å². The summed E-state index contributed by atoms with van der Waals surface area (Å²) >= 11 is 0. The van der Waals surface area contributed by atoms with E-state index in [2.05, 4.69) is 10.1 Å². The zero-order valence-electron chi connectivity index (χ0n) is 15.3. The summed E-state index contributed by atoms with van der Waals surface area (Å²) in [5.74, 6) is 1.79. The zero-order chi connectivity index (χ0) is 18.8. The van der Waals surface area contributed by atoms with Crippen molar-refractivity contribution in [2.45, 2.75) is 25.3 Å². The number of amides is 1. The monoisotopic (exact) mass is 363 g/mol. The Bertz CT molecular complexity index is 939. The van der Waals surface area contributed by atoms with Crippen LogP contribution in [0.3, 0.4) is 0 Å². The molecule has 1 fully saturated rings. The molecule has 0 aliphatic carbocycles. The molecule has 27 heavy (non-hydrogen) atoms. The molecule has 3 aromatic rings. The van der Waals surface area contributed by atoms with Crippen LogP contribution < -0.4 is 4.74 Å². The molecule has 1 amide bonds. The van der Waals surface area contributed by atoms with E-state index in [4.69, 9.17) is 9.26 Å². The Morgan fingerprint density at radius 1 is 1.19 bits per heavy atom. The van der Waals surface area contributed by atoms with Gasteiger partial charge in [-0.2, -0.15) is 4.98 Å². The maximum absolute atomic E-state index is 12.6. The van der Waals surface area contributed by atoms with E-state index in [1.807, 2.05) is 66.4 Å². The predicted molar refractivity (Wildman–Crippen MR) is 100 cm³/mol. The van der Waals surface area contributed by atoms with Crippen molar-refractivity contribution < 1.29 is 14.1 Å². The van der Waals surface area contributed by atoms with Gasteiger partial charge in [-0.1, -0.05) is 41.6 Å². The third kappa shape index (κ3) is 3.43. The van der Waals surface area contributed by atoms with Gasteiger partial charge in [0, 0.05) is 24.4 Å². The van der Waals surface area contributed by atoms with Crippen molar-refractivity contribution in [3.05, 3.63) is 66.0 Å². The molecule has 1 aromatic heterocycles. The van der Waals surface area contributed by atoms with Crippen molar-refractivity contribution >= 4 is 5.91 Å². The van der Waals surface area contributed by atoms with Crippen molar-refractivity contribution in [3.8, 4) is 17.2 Å². The summed E-state index contributed by atoms with van der Waals surface area (Å²) in [5.41, 5.74) is 1.92. The normalized spacial score (nSPS) is 17.9. The number of likely N-dealkylation sites (tertiary alicyclic amines) is 1. The first kappa shape index (κ1) is 17.3. The smallest absolute Gasteiger partial charge is 0.258 e. The molecular formula is C21H21N3O3. The molecule has 2 unspecified atom stereocenters. The number of methoxy groups -OCH3 is 1. The van der Waals surface area contributed by atoms with Crippen LogP contribution in [-0.2, 0) is 4.79 Å². The van der Waals surface area contributed by atoms with Gasteiger partial charge in [-0.15, -0.1) is 0 Å². The van der Waals surface area contributed by atoms with Gasteiger partial charge >= 0.3 is 0 Å². The molecule has 4 rings (SSSR count). The van der Waals surface area contributed by atoms with E-state index in [9.17, 15) is 4.79 Å². The fourth-order valence-electron chi connectivity index (χ4n) is 3.46. The highest BCUT2D eigenvalue weighted by Gasteiger charge is 2.36. The molecule has 2 atom stereocenters. The summed E-state index contributed by atoms with van der Waals surface area (Å²) in [6, 6.07) is 17.5. The van der Waals surface area contributed by atoms with Crippen LogP contribution in [-0.4, -0.2) is 34.6 Å². The van der Waals surface area contributed by atoms with Crippen molar-refractivity contribution in [2.75, 3.05) is 13.7 Å².